The van der Waals surface area contributed by atoms with Gasteiger partial charge in [0.15, 0.2) is 0 Å². The van der Waals surface area contributed by atoms with E-state index in [1.54, 1.807) is 0 Å². The zero-order valence-corrected chi connectivity index (χ0v) is 14.9. The van der Waals surface area contributed by atoms with Crippen molar-refractivity contribution in [3.63, 3.8) is 0 Å². The van der Waals surface area contributed by atoms with Gasteiger partial charge >= 0.3 is 0 Å². The van der Waals surface area contributed by atoms with E-state index in [4.69, 9.17) is 15.3 Å². The van der Waals surface area contributed by atoms with Crippen molar-refractivity contribution in [3.05, 3.63) is 0 Å². The fourth-order valence-electron chi connectivity index (χ4n) is 0. The minimum atomic E-state index is 0. The first kappa shape index (κ1) is 25.9. The summed E-state index contributed by atoms with van der Waals surface area (Å²) in [5.41, 5.74) is 0. The van der Waals surface area contributed by atoms with Crippen LogP contribution in [-0.4, -0.2) is 35.1 Å². The molecule has 0 aliphatic rings. The monoisotopic (exact) mass is 364 g/mol. The first-order valence-corrected chi connectivity index (χ1v) is 5.64. The van der Waals surface area contributed by atoms with Crippen LogP contribution in [0.4, 0.5) is 0 Å². The van der Waals surface area contributed by atoms with E-state index in [1.165, 1.54) is 0 Å². The number of aliphatic hydroxyl groups excluding tert-OH is 3. The molecule has 0 aliphatic heterocycles. The molecule has 0 atom stereocenters. The predicted molar refractivity (Wildman–Crippen MR) is 65.8 cm³/mol. The van der Waals surface area contributed by atoms with Crippen LogP contribution in [0.25, 0.3) is 0 Å². The smallest absolute Gasteiger partial charge is 0.0453 e. The molecule has 0 aromatic rings. The maximum absolute atomic E-state index is 8.14. The van der Waals surface area contributed by atoms with Crippen LogP contribution < -0.4 is 0 Å². The molecular weight excluding hydrogens is 336 g/mol. The molecule has 3 N–H and O–H groups in total. The summed E-state index contributed by atoms with van der Waals surface area (Å²) in [6, 6.07) is 0. The molecule has 0 heterocycles. The van der Waals surface area contributed by atoms with Gasteiger partial charge in [0.05, 0.1) is 0 Å². The number of hydrogen-bond acceptors (Lipinski definition) is 3. The molecule has 0 saturated heterocycles. The first-order chi connectivity index (χ1) is 6.81. The molecule has 0 amide bonds. The first-order valence-electron chi connectivity index (χ1n) is 5.64. The Hall–Kier alpha value is 1.23. The summed E-state index contributed by atoms with van der Waals surface area (Å²) in [5, 5.41) is 24.4. The molecule has 0 fully saturated rings. The Bertz CT molecular complexity index is 77.2. The molecule has 0 aliphatic carbocycles. The van der Waals surface area contributed by atoms with Crippen molar-refractivity contribution in [2.75, 3.05) is 19.8 Å². The van der Waals surface area contributed by atoms with Gasteiger partial charge in [-0.1, -0.05) is 41.5 Å². The standard InChI is InChI=1S/3C4H10O.Nd/c3*1-4(2)3-5;/h3*4-5H,3H2,1-2H3;. The Labute approximate surface area is 134 Å². The molecule has 3 nitrogen and oxygen atoms in total. The van der Waals surface area contributed by atoms with Crippen molar-refractivity contribution in [2.45, 2.75) is 41.5 Å². The Morgan fingerprint density at radius 3 is 0.625 bits per heavy atom. The van der Waals surface area contributed by atoms with Crippen molar-refractivity contribution in [1.82, 2.24) is 0 Å². The zero-order valence-electron chi connectivity index (χ0n) is 11.7. The van der Waals surface area contributed by atoms with Crippen molar-refractivity contribution < 1.29 is 56.2 Å². The van der Waals surface area contributed by atoms with Crippen LogP contribution in [0.15, 0.2) is 0 Å². The third kappa shape index (κ3) is 59.0. The molecule has 0 bridgehead atoms. The van der Waals surface area contributed by atoms with Gasteiger partial charge in [0.25, 0.3) is 0 Å². The van der Waals surface area contributed by atoms with Gasteiger partial charge in [-0.15, -0.1) is 0 Å². The van der Waals surface area contributed by atoms with Gasteiger partial charge in [-0.05, 0) is 17.8 Å². The van der Waals surface area contributed by atoms with E-state index < -0.39 is 0 Å². The second-order valence-corrected chi connectivity index (χ2v) is 4.73. The average Bonchev–Trinajstić information content (AvgIpc) is 2.19. The molecule has 4 heteroatoms. The van der Waals surface area contributed by atoms with Crippen molar-refractivity contribution in [3.8, 4) is 0 Å². The van der Waals surface area contributed by atoms with Gasteiger partial charge in [0, 0.05) is 60.7 Å². The molecule has 0 rings (SSSR count). The zero-order chi connectivity index (χ0) is 12.9. The van der Waals surface area contributed by atoms with Crippen LogP contribution in [-0.2, 0) is 0 Å². The fraction of sp³-hybridized carbons (Fsp3) is 1.00. The number of aliphatic hydroxyl groups is 3. The van der Waals surface area contributed by atoms with E-state index >= 15 is 0 Å². The van der Waals surface area contributed by atoms with Crippen LogP contribution in [0.2, 0.25) is 0 Å². The average molecular weight is 367 g/mol. The normalized spacial score (nSPS) is 9.00. The van der Waals surface area contributed by atoms with Crippen LogP contribution in [0.1, 0.15) is 41.5 Å². The van der Waals surface area contributed by atoms with Crippen molar-refractivity contribution in [1.29, 1.82) is 0 Å². The van der Waals surface area contributed by atoms with Gasteiger partial charge < -0.3 is 15.3 Å². The Morgan fingerprint density at radius 2 is 0.625 bits per heavy atom. The van der Waals surface area contributed by atoms with Gasteiger partial charge in [0.2, 0.25) is 0 Å². The Morgan fingerprint density at radius 1 is 0.562 bits per heavy atom. The third-order valence-electron chi connectivity index (χ3n) is 1.10. The third-order valence-corrected chi connectivity index (χ3v) is 1.10. The fourth-order valence-corrected chi connectivity index (χ4v) is 0. The molecule has 0 unspecified atom stereocenters. The molecule has 0 radical (unpaired) electrons. The Balaban J connectivity index is -0.0000000655. The SMILES string of the molecule is CC(C)CO.CC(C)CO.CC(C)CO.[Nd]. The molecule has 100 valence electrons. The van der Waals surface area contributed by atoms with Gasteiger partial charge in [-0.3, -0.25) is 0 Å². The number of hydrogen-bond donors (Lipinski definition) is 3. The molecule has 16 heavy (non-hydrogen) atoms. The van der Waals surface area contributed by atoms with E-state index in [0.29, 0.717) is 37.6 Å². The molecular formula is C12H30NdO3. The maximum Gasteiger partial charge on any atom is 0.0453 e. The van der Waals surface area contributed by atoms with E-state index in [2.05, 4.69) is 0 Å². The van der Waals surface area contributed by atoms with E-state index in [-0.39, 0.29) is 40.8 Å². The summed E-state index contributed by atoms with van der Waals surface area (Å²) in [4.78, 5) is 0. The minimum absolute atomic E-state index is 0. The number of rotatable bonds is 3. The largest absolute Gasteiger partial charge is 0.396 e. The minimum Gasteiger partial charge on any atom is -0.396 e. The van der Waals surface area contributed by atoms with Crippen molar-refractivity contribution >= 4 is 0 Å². The quantitative estimate of drug-likeness (QED) is 0.715. The molecule has 0 spiro atoms. The van der Waals surface area contributed by atoms with Gasteiger partial charge in [-0.2, -0.15) is 0 Å². The summed E-state index contributed by atoms with van der Waals surface area (Å²) in [6.07, 6.45) is 0. The molecule has 0 saturated carbocycles. The van der Waals surface area contributed by atoms with E-state index in [9.17, 15) is 0 Å². The van der Waals surface area contributed by atoms with Crippen LogP contribution >= 0.6 is 0 Å². The maximum atomic E-state index is 8.14. The summed E-state index contributed by atoms with van der Waals surface area (Å²) in [7, 11) is 0. The topological polar surface area (TPSA) is 60.7 Å². The van der Waals surface area contributed by atoms with Crippen LogP contribution in [0, 0.1) is 58.6 Å². The van der Waals surface area contributed by atoms with Gasteiger partial charge in [-0.25, -0.2) is 0 Å². The molecule has 0 aromatic heterocycles. The van der Waals surface area contributed by atoms with E-state index in [0.717, 1.165) is 0 Å². The second-order valence-electron chi connectivity index (χ2n) is 4.73. The Kier molecular flexibility index (Phi) is 34.9. The summed E-state index contributed by atoms with van der Waals surface area (Å²) >= 11 is 0. The summed E-state index contributed by atoms with van der Waals surface area (Å²) < 4.78 is 0. The summed E-state index contributed by atoms with van der Waals surface area (Å²) in [6.45, 7) is 12.7. The predicted octanol–water partition coefficient (Wildman–Crippen LogP) is 1.90. The summed E-state index contributed by atoms with van der Waals surface area (Å²) in [5.74, 6) is 1.32. The molecule has 0 aromatic carbocycles. The van der Waals surface area contributed by atoms with E-state index in [1.807, 2.05) is 41.5 Å². The second kappa shape index (κ2) is 21.5. The van der Waals surface area contributed by atoms with Gasteiger partial charge in [0.1, 0.15) is 0 Å². The van der Waals surface area contributed by atoms with Crippen molar-refractivity contribution in [2.24, 2.45) is 17.8 Å². The van der Waals surface area contributed by atoms with Crippen LogP contribution in [0.3, 0.4) is 0 Å². The van der Waals surface area contributed by atoms with Crippen LogP contribution in [0.5, 0.6) is 0 Å².